The van der Waals surface area contributed by atoms with Crippen molar-refractivity contribution in [3.05, 3.63) is 21.3 Å². The van der Waals surface area contributed by atoms with Crippen LogP contribution < -0.4 is 5.32 Å². The van der Waals surface area contributed by atoms with Crippen molar-refractivity contribution in [3.63, 3.8) is 0 Å². The van der Waals surface area contributed by atoms with Gasteiger partial charge in [-0.25, -0.2) is 4.79 Å². The van der Waals surface area contributed by atoms with Gasteiger partial charge in [0.2, 0.25) is 0 Å². The van der Waals surface area contributed by atoms with Crippen molar-refractivity contribution in [2.75, 3.05) is 19.6 Å². The van der Waals surface area contributed by atoms with Gasteiger partial charge in [0, 0.05) is 19.6 Å². The highest BCUT2D eigenvalue weighted by Gasteiger charge is 2.33. The van der Waals surface area contributed by atoms with Crippen LogP contribution in [0.3, 0.4) is 0 Å². The van der Waals surface area contributed by atoms with Crippen LogP contribution in [-0.4, -0.2) is 47.6 Å². The quantitative estimate of drug-likeness (QED) is 0.841. The first-order chi connectivity index (χ1) is 8.11. The van der Waals surface area contributed by atoms with Crippen molar-refractivity contribution in [3.8, 4) is 0 Å². The summed E-state index contributed by atoms with van der Waals surface area (Å²) >= 11 is 7.11. The first-order valence-corrected chi connectivity index (χ1v) is 6.34. The summed E-state index contributed by atoms with van der Waals surface area (Å²) in [5.41, 5.74) is 0. The Hall–Kier alpha value is -1.11. The van der Waals surface area contributed by atoms with E-state index in [1.807, 2.05) is 0 Å². The fourth-order valence-corrected chi connectivity index (χ4v) is 2.84. The molecule has 0 aliphatic carbocycles. The molecule has 1 aliphatic heterocycles. The molecule has 1 aliphatic rings. The average molecular weight is 275 g/mol. The predicted octanol–water partition coefficient (Wildman–Crippen LogP) is 0.900. The molecule has 1 aromatic rings. The number of hydrogen-bond donors (Lipinski definition) is 2. The molecule has 0 spiro atoms. The number of carboxylic acids is 1. The fraction of sp³-hybridized carbons (Fsp3) is 0.400. The molecule has 1 saturated heterocycles. The van der Waals surface area contributed by atoms with Crippen molar-refractivity contribution in [2.45, 2.75) is 6.04 Å². The number of nitrogens with zero attached hydrogens (tertiary/aromatic N) is 1. The van der Waals surface area contributed by atoms with E-state index < -0.39 is 12.0 Å². The van der Waals surface area contributed by atoms with Crippen molar-refractivity contribution >= 4 is 34.8 Å². The molecule has 0 bridgehead atoms. The third-order valence-corrected chi connectivity index (χ3v) is 3.93. The minimum absolute atomic E-state index is 0.268. The molecule has 1 unspecified atom stereocenters. The monoisotopic (exact) mass is 274 g/mol. The summed E-state index contributed by atoms with van der Waals surface area (Å²) in [7, 11) is 0. The molecular weight excluding hydrogens is 264 g/mol. The number of hydrogen-bond acceptors (Lipinski definition) is 4. The molecule has 0 radical (unpaired) electrons. The van der Waals surface area contributed by atoms with Crippen molar-refractivity contribution in [1.82, 2.24) is 10.2 Å². The Labute approximate surface area is 107 Å². The first-order valence-electron chi connectivity index (χ1n) is 5.08. The minimum Gasteiger partial charge on any atom is -0.480 e. The lowest BCUT2D eigenvalue weighted by Gasteiger charge is -2.33. The van der Waals surface area contributed by atoms with Crippen LogP contribution in [0.5, 0.6) is 0 Å². The summed E-state index contributed by atoms with van der Waals surface area (Å²) in [4.78, 5) is 25.0. The molecule has 2 N–H and O–H groups in total. The Bertz CT molecular complexity index is 449. The molecule has 7 heteroatoms. The summed E-state index contributed by atoms with van der Waals surface area (Å²) in [5.74, 6) is -1.31. The topological polar surface area (TPSA) is 69.6 Å². The van der Waals surface area contributed by atoms with Gasteiger partial charge in [-0.15, -0.1) is 11.3 Å². The molecule has 2 rings (SSSR count). The second-order valence-electron chi connectivity index (χ2n) is 3.65. The van der Waals surface area contributed by atoms with E-state index in [9.17, 15) is 9.59 Å². The molecule has 1 atom stereocenters. The lowest BCUT2D eigenvalue weighted by molar-refractivity contribution is -0.142. The van der Waals surface area contributed by atoms with E-state index >= 15 is 0 Å². The van der Waals surface area contributed by atoms with E-state index in [2.05, 4.69) is 5.32 Å². The van der Waals surface area contributed by atoms with Crippen LogP contribution in [-0.2, 0) is 4.79 Å². The van der Waals surface area contributed by atoms with Crippen LogP contribution >= 0.6 is 22.9 Å². The van der Waals surface area contributed by atoms with Crippen molar-refractivity contribution in [2.24, 2.45) is 0 Å². The van der Waals surface area contributed by atoms with E-state index in [0.29, 0.717) is 23.0 Å². The summed E-state index contributed by atoms with van der Waals surface area (Å²) < 4.78 is 0. The zero-order valence-electron chi connectivity index (χ0n) is 8.85. The number of carbonyl (C=O) groups is 2. The number of nitrogens with one attached hydrogen (secondary N) is 1. The maximum absolute atomic E-state index is 12.2. The molecule has 0 saturated carbocycles. The van der Waals surface area contributed by atoms with E-state index in [4.69, 9.17) is 16.7 Å². The van der Waals surface area contributed by atoms with Crippen LogP contribution in [0.2, 0.25) is 5.02 Å². The van der Waals surface area contributed by atoms with E-state index in [1.165, 1.54) is 16.2 Å². The highest BCUT2D eigenvalue weighted by Crippen LogP contribution is 2.24. The summed E-state index contributed by atoms with van der Waals surface area (Å²) in [6, 6.07) is 0.812. The van der Waals surface area contributed by atoms with Crippen LogP contribution in [0, 0.1) is 0 Å². The van der Waals surface area contributed by atoms with Crippen molar-refractivity contribution in [1.29, 1.82) is 0 Å². The average Bonchev–Trinajstić information content (AvgIpc) is 2.74. The number of aliphatic carboxylic acids is 1. The Morgan fingerprint density at radius 1 is 1.59 bits per heavy atom. The largest absolute Gasteiger partial charge is 0.480 e. The van der Waals surface area contributed by atoms with Gasteiger partial charge in [-0.05, 0) is 11.4 Å². The first kappa shape index (κ1) is 12.3. The highest BCUT2D eigenvalue weighted by molar-refractivity contribution is 7.12. The zero-order valence-corrected chi connectivity index (χ0v) is 10.4. The molecule has 1 amide bonds. The Kier molecular flexibility index (Phi) is 3.66. The maximum atomic E-state index is 12.2. The summed E-state index contributed by atoms with van der Waals surface area (Å²) in [6.07, 6.45) is 0. The number of amides is 1. The SMILES string of the molecule is O=C(O)C1CNCCN1C(=O)c1sccc1Cl. The van der Waals surface area contributed by atoms with Crippen LogP contribution in [0.4, 0.5) is 0 Å². The molecule has 5 nitrogen and oxygen atoms in total. The van der Waals surface area contributed by atoms with E-state index in [1.54, 1.807) is 11.4 Å². The van der Waals surface area contributed by atoms with Crippen LogP contribution in [0.15, 0.2) is 11.4 Å². The molecule has 2 heterocycles. The summed E-state index contributed by atoms with van der Waals surface area (Å²) in [6.45, 7) is 1.24. The molecule has 0 aromatic carbocycles. The van der Waals surface area contributed by atoms with Gasteiger partial charge in [-0.3, -0.25) is 4.79 Å². The standard InChI is InChI=1S/C10H11ClN2O3S/c11-6-1-4-17-8(6)9(14)13-3-2-12-5-7(13)10(15)16/h1,4,7,12H,2-3,5H2,(H,15,16). The number of carboxylic acid groups (broad SMARTS) is 1. The van der Waals surface area contributed by atoms with E-state index in [0.717, 1.165) is 0 Å². The number of halogens is 1. The molecular formula is C10H11ClN2O3S. The third kappa shape index (κ3) is 2.43. The fourth-order valence-electron chi connectivity index (χ4n) is 1.74. The smallest absolute Gasteiger partial charge is 0.327 e. The molecule has 1 aromatic heterocycles. The predicted molar refractivity (Wildman–Crippen MR) is 64.7 cm³/mol. The zero-order chi connectivity index (χ0) is 12.4. The van der Waals surface area contributed by atoms with Crippen LogP contribution in [0.25, 0.3) is 0 Å². The van der Waals surface area contributed by atoms with Gasteiger partial charge in [0.25, 0.3) is 5.91 Å². The second-order valence-corrected chi connectivity index (χ2v) is 4.98. The molecule has 1 fully saturated rings. The van der Waals surface area contributed by atoms with Gasteiger partial charge in [0.15, 0.2) is 0 Å². The van der Waals surface area contributed by atoms with E-state index in [-0.39, 0.29) is 12.5 Å². The normalized spacial score (nSPS) is 20.3. The van der Waals surface area contributed by atoms with Gasteiger partial charge in [0.05, 0.1) is 5.02 Å². The minimum atomic E-state index is -1.00. The van der Waals surface area contributed by atoms with Crippen LogP contribution in [0.1, 0.15) is 9.67 Å². The molecule has 92 valence electrons. The lowest BCUT2D eigenvalue weighted by atomic mass is 10.2. The van der Waals surface area contributed by atoms with Gasteiger partial charge in [-0.2, -0.15) is 0 Å². The van der Waals surface area contributed by atoms with Gasteiger partial charge >= 0.3 is 5.97 Å². The third-order valence-electron chi connectivity index (χ3n) is 2.60. The Balaban J connectivity index is 2.23. The number of carbonyl (C=O) groups excluding carboxylic acids is 1. The lowest BCUT2D eigenvalue weighted by Crippen LogP contribution is -2.56. The number of rotatable bonds is 2. The maximum Gasteiger partial charge on any atom is 0.327 e. The number of thiophene rings is 1. The van der Waals surface area contributed by atoms with Gasteiger partial charge in [-0.1, -0.05) is 11.6 Å². The highest BCUT2D eigenvalue weighted by atomic mass is 35.5. The summed E-state index contributed by atoms with van der Waals surface area (Å²) in [5, 5.41) is 14.1. The Morgan fingerprint density at radius 2 is 2.35 bits per heavy atom. The van der Waals surface area contributed by atoms with Gasteiger partial charge in [0.1, 0.15) is 10.9 Å². The number of piperazine rings is 1. The molecule has 17 heavy (non-hydrogen) atoms. The van der Waals surface area contributed by atoms with Gasteiger partial charge < -0.3 is 15.3 Å². The van der Waals surface area contributed by atoms with Crippen molar-refractivity contribution < 1.29 is 14.7 Å². The Morgan fingerprint density at radius 3 is 2.94 bits per heavy atom. The second kappa shape index (κ2) is 5.03.